The van der Waals surface area contributed by atoms with Gasteiger partial charge in [-0.25, -0.2) is 10.8 Å². The van der Waals surface area contributed by atoms with Gasteiger partial charge in [0, 0.05) is 13.6 Å². The second kappa shape index (κ2) is 5.34. The van der Waals surface area contributed by atoms with Crippen LogP contribution in [0.25, 0.3) is 0 Å². The van der Waals surface area contributed by atoms with Gasteiger partial charge in [-0.05, 0) is 0 Å². The average Bonchev–Trinajstić information content (AvgIpc) is 2.26. The summed E-state index contributed by atoms with van der Waals surface area (Å²) in [7, 11) is 1.80. The number of nitriles is 1. The van der Waals surface area contributed by atoms with Gasteiger partial charge in [-0.1, -0.05) is 11.6 Å². The van der Waals surface area contributed by atoms with Crippen molar-refractivity contribution in [1.82, 2.24) is 9.97 Å². The van der Waals surface area contributed by atoms with Crippen LogP contribution in [0.4, 0.5) is 11.8 Å². The number of hydrogen-bond donors (Lipinski definition) is 2. The molecule has 1 aromatic heterocycles. The van der Waals surface area contributed by atoms with Gasteiger partial charge in [0.2, 0.25) is 5.95 Å². The standard InChI is InChI=1S/C8H11ClN6/c1-15(4-2-3-10)7-6(9)5-12-8(13-7)14-11/h5H,2,4,11H2,1H3,(H,12,13,14). The molecule has 0 saturated heterocycles. The molecule has 15 heavy (non-hydrogen) atoms. The van der Waals surface area contributed by atoms with Crippen LogP contribution in [0.2, 0.25) is 5.02 Å². The summed E-state index contributed by atoms with van der Waals surface area (Å²) in [4.78, 5) is 9.70. The van der Waals surface area contributed by atoms with E-state index in [9.17, 15) is 0 Å². The van der Waals surface area contributed by atoms with E-state index in [0.29, 0.717) is 29.8 Å². The van der Waals surface area contributed by atoms with Crippen molar-refractivity contribution in [3.8, 4) is 6.07 Å². The molecule has 1 aromatic rings. The van der Waals surface area contributed by atoms with Crippen LogP contribution in [0.3, 0.4) is 0 Å². The molecule has 1 rings (SSSR count). The van der Waals surface area contributed by atoms with E-state index in [1.165, 1.54) is 6.20 Å². The lowest BCUT2D eigenvalue weighted by Gasteiger charge is -2.17. The van der Waals surface area contributed by atoms with Crippen LogP contribution < -0.4 is 16.2 Å². The zero-order chi connectivity index (χ0) is 11.3. The lowest BCUT2D eigenvalue weighted by Crippen LogP contribution is -2.21. The third kappa shape index (κ3) is 2.94. The van der Waals surface area contributed by atoms with Gasteiger partial charge in [-0.2, -0.15) is 10.2 Å². The topological polar surface area (TPSA) is 90.9 Å². The summed E-state index contributed by atoms with van der Waals surface area (Å²) in [6.07, 6.45) is 1.87. The minimum absolute atomic E-state index is 0.290. The molecule has 0 fully saturated rings. The first-order valence-corrected chi connectivity index (χ1v) is 4.64. The largest absolute Gasteiger partial charge is 0.357 e. The van der Waals surface area contributed by atoms with Gasteiger partial charge in [0.05, 0.1) is 18.7 Å². The highest BCUT2D eigenvalue weighted by molar-refractivity contribution is 6.32. The van der Waals surface area contributed by atoms with Crippen LogP contribution in [0, 0.1) is 11.3 Å². The zero-order valence-electron chi connectivity index (χ0n) is 8.24. The van der Waals surface area contributed by atoms with Gasteiger partial charge in [-0.3, -0.25) is 5.43 Å². The highest BCUT2D eigenvalue weighted by atomic mass is 35.5. The number of nitrogen functional groups attached to an aromatic ring is 1. The first-order chi connectivity index (χ1) is 7.19. The fourth-order valence-corrected chi connectivity index (χ4v) is 1.25. The number of rotatable bonds is 4. The van der Waals surface area contributed by atoms with Gasteiger partial charge < -0.3 is 4.90 Å². The Morgan fingerprint density at radius 2 is 2.47 bits per heavy atom. The Hall–Kier alpha value is -1.58. The number of nitrogens with one attached hydrogen (secondary N) is 1. The molecule has 0 unspecified atom stereocenters. The molecule has 6 nitrogen and oxygen atoms in total. The molecule has 0 amide bonds. The molecular weight excluding hydrogens is 216 g/mol. The second-order valence-electron chi connectivity index (χ2n) is 2.84. The summed E-state index contributed by atoms with van der Waals surface area (Å²) >= 11 is 5.91. The fraction of sp³-hybridized carbons (Fsp3) is 0.375. The van der Waals surface area contributed by atoms with E-state index in [0.717, 1.165) is 0 Å². The molecular formula is C8H11ClN6. The first kappa shape index (κ1) is 11.5. The minimum Gasteiger partial charge on any atom is -0.357 e. The quantitative estimate of drug-likeness (QED) is 0.582. The highest BCUT2D eigenvalue weighted by Gasteiger charge is 2.09. The normalized spacial score (nSPS) is 9.47. The van der Waals surface area contributed by atoms with Gasteiger partial charge in [0.1, 0.15) is 5.02 Å². The third-order valence-corrected chi connectivity index (χ3v) is 2.04. The number of aromatic nitrogens is 2. The number of nitrogens with zero attached hydrogens (tertiary/aromatic N) is 4. The minimum atomic E-state index is 0.290. The predicted molar refractivity (Wildman–Crippen MR) is 58.4 cm³/mol. The summed E-state index contributed by atoms with van der Waals surface area (Å²) < 4.78 is 0. The average molecular weight is 227 g/mol. The molecule has 7 heteroatoms. The molecule has 0 aliphatic carbocycles. The highest BCUT2D eigenvalue weighted by Crippen LogP contribution is 2.22. The Bertz CT molecular complexity index is 374. The molecule has 0 aromatic carbocycles. The fourth-order valence-electron chi connectivity index (χ4n) is 1.02. The number of hydrogen-bond acceptors (Lipinski definition) is 6. The van der Waals surface area contributed by atoms with E-state index < -0.39 is 0 Å². The summed E-state index contributed by atoms with van der Waals surface area (Å²) in [6, 6.07) is 2.05. The molecule has 1 heterocycles. The summed E-state index contributed by atoms with van der Waals surface area (Å²) in [5, 5.41) is 8.88. The number of anilines is 2. The second-order valence-corrected chi connectivity index (χ2v) is 3.25. The van der Waals surface area contributed by atoms with Crippen LogP contribution >= 0.6 is 11.6 Å². The van der Waals surface area contributed by atoms with Gasteiger partial charge in [-0.15, -0.1) is 0 Å². The van der Waals surface area contributed by atoms with Crippen LogP contribution in [-0.4, -0.2) is 23.6 Å². The molecule has 80 valence electrons. The maximum Gasteiger partial charge on any atom is 0.239 e. The summed E-state index contributed by atoms with van der Waals surface area (Å²) in [5.74, 6) is 6.02. The monoisotopic (exact) mass is 226 g/mol. The van der Waals surface area contributed by atoms with Gasteiger partial charge >= 0.3 is 0 Å². The van der Waals surface area contributed by atoms with Crippen molar-refractivity contribution in [3.05, 3.63) is 11.2 Å². The maximum atomic E-state index is 8.46. The van der Waals surface area contributed by atoms with Crippen LogP contribution in [-0.2, 0) is 0 Å². The van der Waals surface area contributed by atoms with Crippen LogP contribution in [0.15, 0.2) is 6.20 Å². The molecule has 0 spiro atoms. The lowest BCUT2D eigenvalue weighted by atomic mass is 10.4. The molecule has 0 aliphatic heterocycles. The Kier molecular flexibility index (Phi) is 4.09. The SMILES string of the molecule is CN(CCC#N)c1nc(NN)ncc1Cl. The summed E-state index contributed by atoms with van der Waals surface area (Å²) in [6.45, 7) is 0.553. The van der Waals surface area contributed by atoms with Crippen molar-refractivity contribution in [2.45, 2.75) is 6.42 Å². The number of hydrazine groups is 1. The predicted octanol–water partition coefficient (Wildman–Crippen LogP) is 0.765. The smallest absolute Gasteiger partial charge is 0.239 e. The summed E-state index contributed by atoms with van der Waals surface area (Å²) in [5.41, 5.74) is 2.33. The van der Waals surface area contributed by atoms with Crippen molar-refractivity contribution < 1.29 is 0 Å². The van der Waals surface area contributed by atoms with E-state index in [1.54, 1.807) is 11.9 Å². The van der Waals surface area contributed by atoms with E-state index >= 15 is 0 Å². The van der Waals surface area contributed by atoms with Crippen molar-refractivity contribution in [1.29, 1.82) is 5.26 Å². The molecule has 0 atom stereocenters. The van der Waals surface area contributed by atoms with Gasteiger partial charge in [0.15, 0.2) is 5.82 Å². The molecule has 0 radical (unpaired) electrons. The Balaban J connectivity index is 2.87. The third-order valence-electron chi connectivity index (χ3n) is 1.78. The van der Waals surface area contributed by atoms with E-state index in [-0.39, 0.29) is 0 Å². The maximum absolute atomic E-state index is 8.46. The van der Waals surface area contributed by atoms with Crippen molar-refractivity contribution in [3.63, 3.8) is 0 Å². The first-order valence-electron chi connectivity index (χ1n) is 4.26. The number of nitrogens with two attached hydrogens (primary N) is 1. The Morgan fingerprint density at radius 3 is 3.07 bits per heavy atom. The molecule has 0 bridgehead atoms. The van der Waals surface area contributed by atoms with Crippen molar-refractivity contribution in [2.75, 3.05) is 23.9 Å². The van der Waals surface area contributed by atoms with Crippen LogP contribution in [0.5, 0.6) is 0 Å². The molecule has 0 saturated carbocycles. The number of halogens is 1. The Labute approximate surface area is 92.6 Å². The molecule has 0 aliphatic rings. The Morgan fingerprint density at radius 1 is 1.73 bits per heavy atom. The van der Waals surface area contributed by atoms with Crippen LogP contribution in [0.1, 0.15) is 6.42 Å². The van der Waals surface area contributed by atoms with E-state index in [1.807, 2.05) is 6.07 Å². The van der Waals surface area contributed by atoms with E-state index in [2.05, 4.69) is 15.4 Å². The zero-order valence-corrected chi connectivity index (χ0v) is 8.99. The van der Waals surface area contributed by atoms with Crippen molar-refractivity contribution >= 4 is 23.4 Å². The van der Waals surface area contributed by atoms with E-state index in [4.69, 9.17) is 22.7 Å². The lowest BCUT2D eigenvalue weighted by molar-refractivity contribution is 0.879. The molecule has 3 N–H and O–H groups in total. The van der Waals surface area contributed by atoms with Gasteiger partial charge in [0.25, 0.3) is 0 Å². The van der Waals surface area contributed by atoms with Crippen molar-refractivity contribution in [2.24, 2.45) is 5.84 Å².